The molecule has 0 aromatic carbocycles. The van der Waals surface area contributed by atoms with E-state index in [1.165, 1.54) is 0 Å². The van der Waals surface area contributed by atoms with Crippen molar-refractivity contribution in [3.05, 3.63) is 47.0 Å². The van der Waals surface area contributed by atoms with E-state index in [0.29, 0.717) is 13.0 Å². The van der Waals surface area contributed by atoms with Gasteiger partial charge in [0, 0.05) is 29.7 Å². The predicted molar refractivity (Wildman–Crippen MR) is 67.8 cm³/mol. The molecule has 2 N–H and O–H groups in total. The number of H-pyrrole nitrogens is 1. The van der Waals surface area contributed by atoms with Crippen molar-refractivity contribution in [2.24, 2.45) is 0 Å². The quantitative estimate of drug-likeness (QED) is 0.851. The zero-order chi connectivity index (χ0) is 13.0. The van der Waals surface area contributed by atoms with Gasteiger partial charge in [0.25, 0.3) is 0 Å². The molecule has 0 fully saturated rings. The Morgan fingerprint density at radius 3 is 2.83 bits per heavy atom. The smallest absolute Gasteiger partial charge is 0.226 e. The molecule has 0 bridgehead atoms. The Balaban J connectivity index is 1.89. The van der Waals surface area contributed by atoms with E-state index in [1.807, 2.05) is 32.0 Å². The Morgan fingerprint density at radius 1 is 1.39 bits per heavy atom. The lowest BCUT2D eigenvalue weighted by Gasteiger charge is -2.05. The number of nitrogens with zero attached hydrogens (tertiary/aromatic N) is 2. The van der Waals surface area contributed by atoms with Gasteiger partial charge in [-0.05, 0) is 26.0 Å². The molecule has 2 aromatic heterocycles. The standard InChI is InChI=1S/C13H16N4O/c1-9-12(10(2)17-16-9)8-15-13(18)7-11-5-3-4-6-14-11/h3-6H,7-8H2,1-2H3,(H,15,18)(H,16,17). The number of carbonyl (C=O) groups is 1. The Morgan fingerprint density at radius 2 is 2.22 bits per heavy atom. The molecular weight excluding hydrogens is 228 g/mol. The Hall–Kier alpha value is -2.17. The first-order chi connectivity index (χ1) is 8.66. The maximum absolute atomic E-state index is 11.7. The minimum atomic E-state index is -0.0336. The summed E-state index contributed by atoms with van der Waals surface area (Å²) in [7, 11) is 0. The highest BCUT2D eigenvalue weighted by Crippen LogP contribution is 2.08. The number of aromatic nitrogens is 3. The molecule has 0 aliphatic carbocycles. The molecule has 1 amide bonds. The molecule has 0 spiro atoms. The van der Waals surface area contributed by atoms with Gasteiger partial charge in [0.2, 0.25) is 5.91 Å². The van der Waals surface area contributed by atoms with E-state index >= 15 is 0 Å². The molecule has 0 atom stereocenters. The number of pyridine rings is 1. The average Bonchev–Trinajstić information content (AvgIpc) is 2.68. The van der Waals surface area contributed by atoms with Crippen molar-refractivity contribution in [3.8, 4) is 0 Å². The van der Waals surface area contributed by atoms with Gasteiger partial charge in [0.05, 0.1) is 12.1 Å². The number of carbonyl (C=O) groups excluding carboxylic acids is 1. The summed E-state index contributed by atoms with van der Waals surface area (Å²) in [6, 6.07) is 5.55. The zero-order valence-electron chi connectivity index (χ0n) is 10.5. The van der Waals surface area contributed by atoms with Crippen molar-refractivity contribution < 1.29 is 4.79 Å². The maximum atomic E-state index is 11.7. The van der Waals surface area contributed by atoms with Crippen molar-refractivity contribution in [1.29, 1.82) is 0 Å². The van der Waals surface area contributed by atoms with Gasteiger partial charge in [-0.25, -0.2) is 0 Å². The fourth-order valence-corrected chi connectivity index (χ4v) is 1.75. The summed E-state index contributed by atoms with van der Waals surface area (Å²) in [6.45, 7) is 4.36. The largest absolute Gasteiger partial charge is 0.352 e. The number of aryl methyl sites for hydroxylation is 2. The summed E-state index contributed by atoms with van der Waals surface area (Å²) < 4.78 is 0. The topological polar surface area (TPSA) is 70.7 Å². The molecule has 5 nitrogen and oxygen atoms in total. The summed E-state index contributed by atoms with van der Waals surface area (Å²) in [6.07, 6.45) is 1.99. The number of hydrogen-bond donors (Lipinski definition) is 2. The fraction of sp³-hybridized carbons (Fsp3) is 0.308. The molecule has 0 aliphatic rings. The Bertz CT molecular complexity index is 514. The van der Waals surface area contributed by atoms with Gasteiger partial charge < -0.3 is 5.32 Å². The van der Waals surface area contributed by atoms with Gasteiger partial charge in [-0.3, -0.25) is 14.9 Å². The molecule has 0 aliphatic heterocycles. The predicted octanol–water partition coefficient (Wildman–Crippen LogP) is 1.28. The molecule has 2 heterocycles. The molecule has 18 heavy (non-hydrogen) atoms. The normalized spacial score (nSPS) is 10.3. The molecule has 2 aromatic rings. The van der Waals surface area contributed by atoms with Gasteiger partial charge in [-0.1, -0.05) is 6.07 Å². The monoisotopic (exact) mass is 244 g/mol. The molecule has 5 heteroatoms. The van der Waals surface area contributed by atoms with Crippen LogP contribution in [0.3, 0.4) is 0 Å². The van der Waals surface area contributed by atoms with E-state index in [9.17, 15) is 4.79 Å². The van der Waals surface area contributed by atoms with Crippen LogP contribution in [0.1, 0.15) is 22.6 Å². The van der Waals surface area contributed by atoms with Crippen LogP contribution in [0.5, 0.6) is 0 Å². The minimum absolute atomic E-state index is 0.0336. The number of rotatable bonds is 4. The van der Waals surface area contributed by atoms with Crippen LogP contribution in [0.2, 0.25) is 0 Å². The van der Waals surface area contributed by atoms with Crippen LogP contribution < -0.4 is 5.32 Å². The summed E-state index contributed by atoms with van der Waals surface area (Å²) in [5.41, 5.74) is 3.73. The fourth-order valence-electron chi connectivity index (χ4n) is 1.75. The maximum Gasteiger partial charge on any atom is 0.226 e. The molecule has 0 saturated carbocycles. The van der Waals surface area contributed by atoms with Gasteiger partial charge in [-0.2, -0.15) is 5.10 Å². The average molecular weight is 244 g/mol. The third-order valence-corrected chi connectivity index (χ3v) is 2.81. The van der Waals surface area contributed by atoms with Gasteiger partial charge in [0.1, 0.15) is 0 Å². The lowest BCUT2D eigenvalue weighted by atomic mass is 10.2. The van der Waals surface area contributed by atoms with Crippen molar-refractivity contribution in [2.75, 3.05) is 0 Å². The van der Waals surface area contributed by atoms with Crippen molar-refractivity contribution >= 4 is 5.91 Å². The summed E-state index contributed by atoms with van der Waals surface area (Å²) in [5.74, 6) is -0.0336. The molecule has 94 valence electrons. The highest BCUT2D eigenvalue weighted by Gasteiger charge is 2.08. The molecule has 0 unspecified atom stereocenters. The van der Waals surface area contributed by atoms with Crippen LogP contribution in [0.15, 0.2) is 24.4 Å². The van der Waals surface area contributed by atoms with Crippen molar-refractivity contribution in [1.82, 2.24) is 20.5 Å². The lowest BCUT2D eigenvalue weighted by Crippen LogP contribution is -2.25. The van der Waals surface area contributed by atoms with Crippen LogP contribution >= 0.6 is 0 Å². The highest BCUT2D eigenvalue weighted by atomic mass is 16.1. The van der Waals surface area contributed by atoms with Crippen LogP contribution in [-0.2, 0) is 17.8 Å². The SMILES string of the molecule is Cc1n[nH]c(C)c1CNC(=O)Cc1ccccn1. The number of amides is 1. The van der Waals surface area contributed by atoms with Crippen LogP contribution in [0, 0.1) is 13.8 Å². The van der Waals surface area contributed by atoms with E-state index in [2.05, 4.69) is 20.5 Å². The first-order valence-electron chi connectivity index (χ1n) is 5.84. The van der Waals surface area contributed by atoms with E-state index in [-0.39, 0.29) is 5.91 Å². The first kappa shape index (κ1) is 12.3. The van der Waals surface area contributed by atoms with E-state index in [1.54, 1.807) is 6.20 Å². The van der Waals surface area contributed by atoms with E-state index in [4.69, 9.17) is 0 Å². The number of nitrogens with one attached hydrogen (secondary N) is 2. The van der Waals surface area contributed by atoms with Gasteiger partial charge in [0.15, 0.2) is 0 Å². The van der Waals surface area contributed by atoms with Crippen LogP contribution in [0.4, 0.5) is 0 Å². The summed E-state index contributed by atoms with van der Waals surface area (Å²) in [5, 5.41) is 9.86. The second-order valence-electron chi connectivity index (χ2n) is 4.19. The van der Waals surface area contributed by atoms with Crippen molar-refractivity contribution in [2.45, 2.75) is 26.8 Å². The number of aromatic amines is 1. The van der Waals surface area contributed by atoms with Crippen molar-refractivity contribution in [3.63, 3.8) is 0 Å². The summed E-state index contributed by atoms with van der Waals surface area (Å²) >= 11 is 0. The van der Waals surface area contributed by atoms with Gasteiger partial charge in [-0.15, -0.1) is 0 Å². The summed E-state index contributed by atoms with van der Waals surface area (Å²) in [4.78, 5) is 15.9. The number of hydrogen-bond acceptors (Lipinski definition) is 3. The Labute approximate surface area is 106 Å². The first-order valence-corrected chi connectivity index (χ1v) is 5.84. The molecule has 0 saturated heterocycles. The molecular formula is C13H16N4O. The third kappa shape index (κ3) is 2.94. The minimum Gasteiger partial charge on any atom is -0.352 e. The second-order valence-corrected chi connectivity index (χ2v) is 4.19. The van der Waals surface area contributed by atoms with Gasteiger partial charge >= 0.3 is 0 Å². The molecule has 0 radical (unpaired) electrons. The van der Waals surface area contributed by atoms with E-state index < -0.39 is 0 Å². The molecule has 2 rings (SSSR count). The van der Waals surface area contributed by atoms with E-state index in [0.717, 1.165) is 22.6 Å². The van der Waals surface area contributed by atoms with Crippen LogP contribution in [-0.4, -0.2) is 21.1 Å². The second kappa shape index (κ2) is 5.44. The Kier molecular flexibility index (Phi) is 3.72. The lowest BCUT2D eigenvalue weighted by molar-refractivity contribution is -0.120. The zero-order valence-corrected chi connectivity index (χ0v) is 10.5. The van der Waals surface area contributed by atoms with Crippen LogP contribution in [0.25, 0.3) is 0 Å². The highest BCUT2D eigenvalue weighted by molar-refractivity contribution is 5.78. The third-order valence-electron chi connectivity index (χ3n) is 2.81.